The van der Waals surface area contributed by atoms with Gasteiger partial charge in [-0.2, -0.15) is 25.5 Å². The molecule has 21 N–H and O–H groups in total. The predicted molar refractivity (Wildman–Crippen MR) is 385 cm³/mol. The van der Waals surface area contributed by atoms with Gasteiger partial charge >= 0.3 is 23.9 Å². The molecule has 18 atom stereocenters. The summed E-state index contributed by atoms with van der Waals surface area (Å²) in [7, 11) is 0. The van der Waals surface area contributed by atoms with Crippen LogP contribution in [-0.2, 0) is 23.7 Å². The Labute approximate surface area is 636 Å². The molecule has 10 aromatic rings. The maximum Gasteiger partial charge on any atom is 0.338 e. The monoisotopic (exact) mass is 1590 g/mol. The van der Waals surface area contributed by atoms with E-state index in [0.717, 1.165) is 12.7 Å². The van der Waals surface area contributed by atoms with E-state index in [9.17, 15) is 83.1 Å². The molecule has 5 aliphatic heterocycles. The fourth-order valence-corrected chi connectivity index (χ4v) is 14.9. The van der Waals surface area contributed by atoms with E-state index in [4.69, 9.17) is 58.1 Å². The highest BCUT2D eigenvalue weighted by atomic mass is 19.2. The van der Waals surface area contributed by atoms with Crippen LogP contribution in [0.15, 0.2) is 62.0 Å². The molecule has 15 rings (SSSR count). The maximum atomic E-state index is 15.2. The molecule has 0 aliphatic carbocycles. The molecule has 0 spiro atoms. The molecule has 0 saturated carbocycles. The van der Waals surface area contributed by atoms with Crippen molar-refractivity contribution in [3.05, 3.63) is 118 Å². The molecule has 0 radical (unpaired) electrons. The van der Waals surface area contributed by atoms with Crippen molar-refractivity contribution in [2.45, 2.75) is 148 Å². The van der Waals surface area contributed by atoms with Gasteiger partial charge in [-0.1, -0.05) is 55.4 Å². The third-order valence-electron chi connectivity index (χ3n) is 21.9. The number of hydrogen-bond acceptors (Lipinski definition) is 30. The van der Waals surface area contributed by atoms with E-state index in [1.807, 2.05) is 20.8 Å². The fraction of sp³-hybridized carbons (Fsp3) is 0.493. The molecule has 40 nitrogen and oxygen atoms in total. The number of rotatable bonds is 15. The molecule has 0 aromatic carbocycles. The Bertz CT molecular complexity index is 4840. The van der Waals surface area contributed by atoms with Gasteiger partial charge in [0.25, 0.3) is 5.91 Å². The van der Waals surface area contributed by atoms with Crippen molar-refractivity contribution >= 4 is 86.5 Å². The van der Waals surface area contributed by atoms with Crippen molar-refractivity contribution in [3.8, 4) is 0 Å². The zero-order valence-electron chi connectivity index (χ0n) is 61.9. The Morgan fingerprint density at radius 2 is 0.664 bits per heavy atom. The number of anilines is 5. The summed E-state index contributed by atoms with van der Waals surface area (Å²) in [6, 6.07) is 6.87. The molecule has 0 unspecified atom stereocenters. The third kappa shape index (κ3) is 14.5. The number of ether oxygens (including phenoxy) is 5. The number of hydrogen-bond donors (Lipinski definition) is 15. The minimum atomic E-state index is -1.81. The first-order valence-corrected chi connectivity index (χ1v) is 35.0. The number of amides is 1. The normalized spacial score (nSPS) is 28.2. The molecule has 5 saturated heterocycles. The second-order valence-electron chi connectivity index (χ2n) is 29.2. The largest absolute Gasteiger partial charge is 0.478 e. The molecule has 5 fully saturated rings. The molecule has 608 valence electrons. The predicted octanol–water partition coefficient (Wildman–Crippen LogP) is 2.95. The van der Waals surface area contributed by atoms with Gasteiger partial charge in [0.1, 0.15) is 120 Å². The van der Waals surface area contributed by atoms with Crippen molar-refractivity contribution in [1.29, 1.82) is 0 Å². The summed E-state index contributed by atoms with van der Waals surface area (Å²) in [4.78, 5) is 76.4. The highest BCUT2D eigenvalue weighted by molar-refractivity contribution is 6.03. The Kier molecular flexibility index (Phi) is 23.2. The first-order valence-electron chi connectivity index (χ1n) is 35.0. The summed E-state index contributed by atoms with van der Waals surface area (Å²) < 4.78 is 93.5. The number of carboxylic acid groups (broad SMARTS) is 4. The zero-order chi connectivity index (χ0) is 82.8. The van der Waals surface area contributed by atoms with Gasteiger partial charge in [-0.05, 0) is 43.2 Å². The number of nitrogens with zero attached hydrogens (tertiary/aromatic N) is 15. The number of carboxylic acids is 4. The topological polar surface area (TPSA) is 621 Å². The standard InChI is InChI=1S/C15H20N4O4.2C14H17FN4O4.C13H16FN5O3.C13H15FN4O4/c1-7-10(5-20)23-12(15(7,2)3)9-4-8(14(21)22)11-13(16)17-6-18-19(9)11;1-14(2)10(15)8(4-20)23-11(14)7-3-6(13(21)22)9-12(16)17-5-18-19(7)9;1-6-9(4-20)23-11(14(6,2)15)8-3-7(13(21)22)10-12(16)17-5-18-19(8)10;1-5-8(3-20)22-11(9(5)14)7-2-6(13(16)21)10-12(15)17-4-18-19(7)10;1-5-8(3-19)22-11(9(5)14)7-2-6(13(20)21)10-12(15)16-4-17-18(7)10/h4,6-7,10,12,20H,5H2,1-3H3,(H,21,22)(H2,16,17,18);3,5,8,10-11,20H,4H2,1-2H3,(H,21,22)(H2,16,17,18);3,5-6,9,11,20H,4H2,1-2H3,(H,21,22)(H2,16,17,18);2,4-5,8-9,11,20H,3H2,1H3,(H2,16,21)(H2,15,17,18);2,4-5,8-9,11,19H,3H2,1H3,(H,20,21)(H2,15,16,17)/t7-,10-,12+;8-,10-,11+;6-,9-,11+,14-;2*5-,8-,9-,11+/m11111/s1. The van der Waals surface area contributed by atoms with Crippen LogP contribution in [-0.4, -0.2) is 236 Å². The number of fused-ring (bicyclic) bond motifs is 5. The van der Waals surface area contributed by atoms with Crippen LogP contribution in [0.2, 0.25) is 0 Å². The number of halogens is 4. The summed E-state index contributed by atoms with van der Waals surface area (Å²) in [6.45, 7) is 14.2. The highest BCUT2D eigenvalue weighted by Gasteiger charge is 2.56. The van der Waals surface area contributed by atoms with Crippen molar-refractivity contribution in [2.75, 3.05) is 61.7 Å². The third-order valence-corrected chi connectivity index (χ3v) is 21.9. The Morgan fingerprint density at radius 3 is 0.947 bits per heavy atom. The van der Waals surface area contributed by atoms with Crippen LogP contribution in [0.25, 0.3) is 27.6 Å². The summed E-state index contributed by atoms with van der Waals surface area (Å²) in [5.74, 6) is -6.80. The SMILES string of the molecule is CC1(C)[C@H](F)[C@@H](CO)O[C@H]1c1cc(C(=O)O)c2c(N)ncnn12.C[C@@H]1[C@@H](CO)O[C@@H](c2cc(C(=O)O)c3c(N)ncnn23)C1(C)C.C[C@@H]1[C@@H](CO)O[C@@H](c2cc(C(=O)O)c3c(N)ncnn23)[C@]1(C)F.C[C@H]1[C@@H](F)[C@H](c2cc(C(=O)O)c3c(N)ncnn23)O[C@@H]1CO.C[C@H]1[C@@H](F)[C@H](c2cc(C(N)=O)c3c(N)ncnn23)O[C@@H]1CO. The van der Waals surface area contributed by atoms with E-state index >= 15 is 4.39 Å². The van der Waals surface area contributed by atoms with Crippen molar-refractivity contribution in [1.82, 2.24) is 73.0 Å². The number of primary amides is 1. The summed E-state index contributed by atoms with van der Waals surface area (Å²) >= 11 is 0. The number of carbonyl (C=O) groups excluding carboxylic acids is 1. The summed E-state index contributed by atoms with van der Waals surface area (Å²) in [6.07, 6.45) is -5.69. The van der Waals surface area contributed by atoms with E-state index in [-0.39, 0.29) is 140 Å². The quantitative estimate of drug-likeness (QED) is 0.0656. The Balaban J connectivity index is 0.000000139. The van der Waals surface area contributed by atoms with Gasteiger partial charge in [0, 0.05) is 28.6 Å². The van der Waals surface area contributed by atoms with Gasteiger partial charge in [-0.3, -0.25) is 4.79 Å². The number of carbonyl (C=O) groups is 5. The average molecular weight is 1590 g/mol. The minimum Gasteiger partial charge on any atom is -0.478 e. The van der Waals surface area contributed by atoms with Gasteiger partial charge in [-0.25, -0.2) is 84.2 Å². The number of aromatic nitrogens is 15. The van der Waals surface area contributed by atoms with Gasteiger partial charge in [0.15, 0.2) is 29.1 Å². The molecule has 10 aromatic heterocycles. The lowest BCUT2D eigenvalue weighted by molar-refractivity contribution is -0.0200. The first kappa shape index (κ1) is 82.7. The minimum absolute atomic E-state index is 0.00922. The smallest absolute Gasteiger partial charge is 0.338 e. The first-order chi connectivity index (χ1) is 53.3. The zero-order valence-corrected chi connectivity index (χ0v) is 61.9. The summed E-state index contributed by atoms with van der Waals surface area (Å²) in [5, 5.41) is 104. The van der Waals surface area contributed by atoms with Crippen LogP contribution in [0.5, 0.6) is 0 Å². The van der Waals surface area contributed by atoms with Gasteiger partial charge in [0.2, 0.25) is 0 Å². The lowest BCUT2D eigenvalue weighted by Gasteiger charge is -2.28. The molecule has 113 heavy (non-hydrogen) atoms. The number of nitrogen functional groups attached to an aromatic ring is 5. The Morgan fingerprint density at radius 1 is 0.398 bits per heavy atom. The van der Waals surface area contributed by atoms with Crippen LogP contribution >= 0.6 is 0 Å². The second kappa shape index (κ2) is 31.7. The number of alkyl halides is 4. The van der Waals surface area contributed by atoms with Crippen LogP contribution < -0.4 is 34.4 Å². The molecule has 15 heterocycles. The second-order valence-corrected chi connectivity index (χ2v) is 29.2. The lowest BCUT2D eigenvalue weighted by atomic mass is 9.75. The molecular weight excluding hydrogens is 1500 g/mol. The maximum absolute atomic E-state index is 15.2. The molecule has 0 bridgehead atoms. The van der Waals surface area contributed by atoms with Crippen molar-refractivity contribution in [3.63, 3.8) is 0 Å². The molecule has 5 aliphatic rings. The molecule has 1 amide bonds. The van der Waals surface area contributed by atoms with Crippen LogP contribution in [0, 0.1) is 34.5 Å². The van der Waals surface area contributed by atoms with E-state index in [2.05, 4.69) is 50.4 Å². The van der Waals surface area contributed by atoms with Crippen LogP contribution in [0.4, 0.5) is 46.7 Å². The fourth-order valence-electron chi connectivity index (χ4n) is 14.9. The van der Waals surface area contributed by atoms with Crippen molar-refractivity contribution in [2.24, 2.45) is 40.2 Å². The van der Waals surface area contributed by atoms with Gasteiger partial charge in [-0.15, -0.1) is 0 Å². The molecule has 44 heteroatoms. The lowest BCUT2D eigenvalue weighted by Crippen LogP contribution is -2.32. The highest BCUT2D eigenvalue weighted by Crippen LogP contribution is 2.54. The van der Waals surface area contributed by atoms with E-state index in [1.54, 1.807) is 34.6 Å². The molecular formula is C69H85F4N21O19. The van der Waals surface area contributed by atoms with Crippen LogP contribution in [0.1, 0.15) is 173 Å². The van der Waals surface area contributed by atoms with E-state index < -0.39 is 139 Å². The number of aliphatic hydroxyl groups excluding tert-OH is 5. The van der Waals surface area contributed by atoms with Crippen LogP contribution in [0.3, 0.4) is 0 Å². The Hall–Kier alpha value is -11.2. The van der Waals surface area contributed by atoms with Crippen molar-refractivity contribution < 1.29 is 111 Å². The van der Waals surface area contributed by atoms with Gasteiger partial charge < -0.3 is 104 Å². The van der Waals surface area contributed by atoms with Gasteiger partial charge in [0.05, 0.1) is 114 Å². The summed E-state index contributed by atoms with van der Waals surface area (Å²) in [5.41, 5.74) is 33.4. The number of nitrogens with two attached hydrogens (primary N) is 6. The number of aliphatic hydroxyl groups is 5. The van der Waals surface area contributed by atoms with E-state index in [1.165, 1.54) is 78.8 Å². The van der Waals surface area contributed by atoms with E-state index in [0.29, 0.717) is 17.1 Å². The average Bonchev–Trinajstić information content (AvgIpc) is 1.60. The number of aromatic carboxylic acids is 4.